The molecule has 11 heteroatoms. The van der Waals surface area contributed by atoms with Crippen LogP contribution in [0, 0.1) is 12.8 Å². The average Bonchev–Trinajstić information content (AvgIpc) is 3.37. The number of aryl methyl sites for hydroxylation is 1. The fourth-order valence-corrected chi connectivity index (χ4v) is 6.47. The van der Waals surface area contributed by atoms with Crippen LogP contribution >= 0.6 is 11.3 Å². The number of aromatic nitrogens is 4. The van der Waals surface area contributed by atoms with E-state index in [2.05, 4.69) is 15.6 Å². The van der Waals surface area contributed by atoms with Gasteiger partial charge in [0.2, 0.25) is 5.95 Å². The number of aliphatic hydroxyl groups is 1. The maximum Gasteiger partial charge on any atom is 0.416 e. The molecule has 2 saturated carbocycles. The zero-order chi connectivity index (χ0) is 27.2. The van der Waals surface area contributed by atoms with Gasteiger partial charge < -0.3 is 15.7 Å². The van der Waals surface area contributed by atoms with Crippen molar-refractivity contribution in [3.63, 3.8) is 0 Å². The van der Waals surface area contributed by atoms with E-state index in [1.807, 2.05) is 13.0 Å². The van der Waals surface area contributed by atoms with Gasteiger partial charge in [-0.3, -0.25) is 4.98 Å². The Labute approximate surface area is 228 Å². The van der Waals surface area contributed by atoms with Crippen LogP contribution in [0.25, 0.3) is 20.8 Å². The van der Waals surface area contributed by atoms with Gasteiger partial charge in [0.05, 0.1) is 27.7 Å². The predicted molar refractivity (Wildman–Crippen MR) is 146 cm³/mol. The van der Waals surface area contributed by atoms with Crippen molar-refractivity contribution in [1.82, 2.24) is 19.9 Å². The van der Waals surface area contributed by atoms with Crippen LogP contribution in [0.5, 0.6) is 0 Å². The number of thiazole rings is 1. The lowest BCUT2D eigenvalue weighted by atomic mass is 9.95. The van der Waals surface area contributed by atoms with Crippen molar-refractivity contribution in [2.45, 2.75) is 56.7 Å². The molecule has 2 fully saturated rings. The number of aliphatic hydroxyl groups excluding tert-OH is 1. The molecule has 2 aliphatic rings. The Kier molecular flexibility index (Phi) is 6.66. The third-order valence-electron chi connectivity index (χ3n) is 7.90. The second-order valence-electron chi connectivity index (χ2n) is 10.6. The highest BCUT2D eigenvalue weighted by molar-refractivity contribution is 7.21. The number of pyridine rings is 1. The number of alkyl halides is 3. The molecule has 0 aliphatic heterocycles. The van der Waals surface area contributed by atoms with Crippen molar-refractivity contribution >= 4 is 33.3 Å². The number of halogens is 3. The van der Waals surface area contributed by atoms with Gasteiger partial charge in [-0.15, -0.1) is 11.3 Å². The molecule has 2 atom stereocenters. The fourth-order valence-electron chi connectivity index (χ4n) is 5.44. The van der Waals surface area contributed by atoms with Gasteiger partial charge in [-0.2, -0.15) is 18.2 Å². The summed E-state index contributed by atoms with van der Waals surface area (Å²) in [7, 11) is 0. The van der Waals surface area contributed by atoms with Crippen molar-refractivity contribution in [3.05, 3.63) is 59.5 Å². The van der Waals surface area contributed by atoms with Gasteiger partial charge in [-0.1, -0.05) is 12.1 Å². The molecular weight excluding hydrogens is 525 g/mol. The van der Waals surface area contributed by atoms with Crippen LogP contribution in [0.15, 0.2) is 42.7 Å². The molecular formula is C28H29F3N6OS. The lowest BCUT2D eigenvalue weighted by Crippen LogP contribution is -2.23. The Bertz CT molecular complexity index is 1450. The minimum Gasteiger partial charge on any atom is -0.396 e. The molecule has 39 heavy (non-hydrogen) atoms. The largest absolute Gasteiger partial charge is 0.416 e. The minimum atomic E-state index is -4.35. The third kappa shape index (κ3) is 5.29. The van der Waals surface area contributed by atoms with Crippen molar-refractivity contribution < 1.29 is 18.3 Å². The normalized spacial score (nSPS) is 20.3. The van der Waals surface area contributed by atoms with Crippen LogP contribution in [0.4, 0.5) is 24.9 Å². The van der Waals surface area contributed by atoms with Crippen LogP contribution in [0.3, 0.4) is 0 Å². The van der Waals surface area contributed by atoms with Crippen LogP contribution < -0.4 is 10.6 Å². The van der Waals surface area contributed by atoms with Gasteiger partial charge in [-0.05, 0) is 68.7 Å². The number of nitrogens with zero attached hydrogens (tertiary/aromatic N) is 4. The van der Waals surface area contributed by atoms with E-state index in [9.17, 15) is 18.3 Å². The Balaban J connectivity index is 1.28. The summed E-state index contributed by atoms with van der Waals surface area (Å²) in [5, 5.41) is 17.4. The second-order valence-corrected chi connectivity index (χ2v) is 11.7. The van der Waals surface area contributed by atoms with Gasteiger partial charge >= 0.3 is 6.18 Å². The summed E-state index contributed by atoms with van der Waals surface area (Å²) < 4.78 is 40.1. The maximum absolute atomic E-state index is 13.0. The lowest BCUT2D eigenvalue weighted by molar-refractivity contribution is -0.137. The van der Waals surface area contributed by atoms with E-state index in [0.29, 0.717) is 18.3 Å². The first-order valence-electron chi connectivity index (χ1n) is 13.1. The zero-order valence-corrected chi connectivity index (χ0v) is 22.2. The lowest BCUT2D eigenvalue weighted by Gasteiger charge is -2.20. The summed E-state index contributed by atoms with van der Waals surface area (Å²) in [5.41, 5.74) is 2.46. The molecule has 4 aromatic rings. The highest BCUT2D eigenvalue weighted by atomic mass is 32.1. The number of anilines is 2. The number of rotatable bonds is 8. The Hall–Kier alpha value is -3.31. The highest BCUT2D eigenvalue weighted by Crippen LogP contribution is 2.48. The third-order valence-corrected chi connectivity index (χ3v) is 8.95. The SMILES string of the molecule is Cc1nc(NCC2(c3ccc(C(F)(F)F)cc3)CC2)nc(NC2CCC(CO)C2)c1-c1nc2cnccc2s1. The van der Waals surface area contributed by atoms with E-state index in [-0.39, 0.29) is 24.0 Å². The van der Waals surface area contributed by atoms with E-state index in [0.717, 1.165) is 76.3 Å². The summed E-state index contributed by atoms with van der Waals surface area (Å²) >= 11 is 1.56. The standard InChI is InChI=1S/C28H29F3N6OS/c1-16-23(25-36-21-13-32-11-8-22(21)39-25)24(35-20-7-2-17(12-20)14-38)37-26(34-16)33-15-27(9-10-27)18-3-5-19(6-4-18)28(29,30)31/h3-6,8,11,13,17,20,38H,2,7,9-10,12,14-15H2,1H3,(H2,33,34,35,37). The minimum absolute atomic E-state index is 0.178. The highest BCUT2D eigenvalue weighted by Gasteiger charge is 2.44. The molecule has 0 bridgehead atoms. The Morgan fingerprint density at radius 2 is 1.87 bits per heavy atom. The first-order chi connectivity index (χ1) is 18.7. The van der Waals surface area contributed by atoms with Gasteiger partial charge in [-0.25, -0.2) is 9.97 Å². The quantitative estimate of drug-likeness (QED) is 0.239. The van der Waals surface area contributed by atoms with Gasteiger partial charge in [0.15, 0.2) is 0 Å². The average molecular weight is 555 g/mol. The smallest absolute Gasteiger partial charge is 0.396 e. The number of nitrogens with one attached hydrogen (secondary N) is 2. The van der Waals surface area contributed by atoms with Crippen molar-refractivity contribution in [3.8, 4) is 10.6 Å². The first-order valence-corrected chi connectivity index (χ1v) is 13.9. The number of hydrogen-bond donors (Lipinski definition) is 3. The molecule has 204 valence electrons. The number of hydrogen-bond acceptors (Lipinski definition) is 8. The molecule has 0 saturated heterocycles. The predicted octanol–water partition coefficient (Wildman–Crippen LogP) is 6.19. The maximum atomic E-state index is 13.0. The fraction of sp³-hybridized carbons (Fsp3) is 0.429. The molecule has 0 spiro atoms. The summed E-state index contributed by atoms with van der Waals surface area (Å²) in [6.07, 6.45) is 3.68. The molecule has 2 unspecified atom stereocenters. The molecule has 3 aromatic heterocycles. The molecule has 7 nitrogen and oxygen atoms in total. The van der Waals surface area contributed by atoms with Crippen molar-refractivity contribution in [2.75, 3.05) is 23.8 Å². The Morgan fingerprint density at radius 1 is 1.08 bits per heavy atom. The van der Waals surface area contributed by atoms with E-state index < -0.39 is 11.7 Å². The second kappa shape index (κ2) is 10.0. The topological polar surface area (TPSA) is 95.9 Å². The first kappa shape index (κ1) is 25.9. The van der Waals surface area contributed by atoms with Crippen molar-refractivity contribution in [2.24, 2.45) is 5.92 Å². The van der Waals surface area contributed by atoms with Crippen LogP contribution in [-0.2, 0) is 11.6 Å². The van der Waals surface area contributed by atoms with E-state index >= 15 is 0 Å². The molecule has 3 N–H and O–H groups in total. The number of benzene rings is 1. The molecule has 0 amide bonds. The van der Waals surface area contributed by atoms with Crippen LogP contribution in [0.1, 0.15) is 48.9 Å². The molecule has 0 radical (unpaired) electrons. The van der Waals surface area contributed by atoms with Crippen LogP contribution in [-0.4, -0.2) is 44.2 Å². The molecule has 2 aliphatic carbocycles. The summed E-state index contributed by atoms with van der Waals surface area (Å²) in [5.74, 6) is 1.44. The van der Waals surface area contributed by atoms with Crippen LogP contribution in [0.2, 0.25) is 0 Å². The molecule has 1 aromatic carbocycles. The van der Waals surface area contributed by atoms with Gasteiger partial charge in [0, 0.05) is 30.8 Å². The van der Waals surface area contributed by atoms with E-state index in [1.54, 1.807) is 35.9 Å². The van der Waals surface area contributed by atoms with Gasteiger partial charge in [0.25, 0.3) is 0 Å². The van der Waals surface area contributed by atoms with E-state index in [4.69, 9.17) is 15.0 Å². The summed E-state index contributed by atoms with van der Waals surface area (Å²) in [4.78, 5) is 18.6. The Morgan fingerprint density at radius 3 is 2.54 bits per heavy atom. The summed E-state index contributed by atoms with van der Waals surface area (Å²) in [6.45, 7) is 2.64. The summed E-state index contributed by atoms with van der Waals surface area (Å²) in [6, 6.07) is 7.60. The molecule has 6 rings (SSSR count). The number of fused-ring (bicyclic) bond motifs is 1. The monoisotopic (exact) mass is 554 g/mol. The zero-order valence-electron chi connectivity index (χ0n) is 21.4. The van der Waals surface area contributed by atoms with Gasteiger partial charge in [0.1, 0.15) is 16.3 Å². The van der Waals surface area contributed by atoms with Crippen molar-refractivity contribution in [1.29, 1.82) is 0 Å². The van der Waals surface area contributed by atoms with E-state index in [1.165, 1.54) is 0 Å². The molecule has 3 heterocycles.